The van der Waals surface area contributed by atoms with Crippen molar-refractivity contribution in [3.05, 3.63) is 41.5 Å². The van der Waals surface area contributed by atoms with Crippen LogP contribution in [-0.4, -0.2) is 15.7 Å². The molecule has 2 rings (SSSR count). The van der Waals surface area contributed by atoms with E-state index in [9.17, 15) is 9.18 Å². The number of carbonyl (C=O) groups is 1. The second kappa shape index (κ2) is 5.09. The Kier molecular flexibility index (Phi) is 3.50. The molecule has 6 heteroatoms. The molecule has 0 unspecified atom stereocenters. The Morgan fingerprint density at radius 1 is 1.53 bits per heavy atom. The van der Waals surface area contributed by atoms with Gasteiger partial charge in [0.15, 0.2) is 0 Å². The minimum absolute atomic E-state index is 0.0657. The van der Waals surface area contributed by atoms with Crippen molar-refractivity contribution in [2.24, 2.45) is 7.05 Å². The van der Waals surface area contributed by atoms with Crippen molar-refractivity contribution in [2.45, 2.75) is 13.3 Å². The van der Waals surface area contributed by atoms with Crippen LogP contribution in [0.5, 0.6) is 0 Å². The van der Waals surface area contributed by atoms with E-state index < -0.39 is 11.7 Å². The molecule has 1 aromatic carbocycles. The predicted octanol–water partition coefficient (Wildman–Crippen LogP) is 1.96. The molecule has 1 aromatic heterocycles. The lowest BCUT2D eigenvalue weighted by Crippen LogP contribution is -2.14. The number of nitrogens with one attached hydrogen (secondary N) is 1. The van der Waals surface area contributed by atoms with Gasteiger partial charge in [0.05, 0.1) is 16.9 Å². The van der Waals surface area contributed by atoms with E-state index in [0.717, 1.165) is 0 Å². The van der Waals surface area contributed by atoms with Crippen LogP contribution in [0.25, 0.3) is 0 Å². The number of halogens is 1. The number of aryl methyl sites for hydroxylation is 2. The Labute approximate surface area is 110 Å². The van der Waals surface area contributed by atoms with E-state index in [0.29, 0.717) is 23.4 Å². The standard InChI is InChI=1S/C13H15FN4O/c1-3-11-9(7-18(2)17-11)13(19)16-12-6-8(15)4-5-10(12)14/h4-7H,3,15H2,1-2H3,(H,16,19). The van der Waals surface area contributed by atoms with Gasteiger partial charge in [-0.2, -0.15) is 5.10 Å². The molecule has 0 fully saturated rings. The molecule has 0 aliphatic rings. The van der Waals surface area contributed by atoms with Gasteiger partial charge in [-0.05, 0) is 24.6 Å². The van der Waals surface area contributed by atoms with Crippen LogP contribution in [0.3, 0.4) is 0 Å². The fourth-order valence-corrected chi connectivity index (χ4v) is 1.81. The highest BCUT2D eigenvalue weighted by atomic mass is 19.1. The number of hydrogen-bond donors (Lipinski definition) is 2. The first-order valence-electron chi connectivity index (χ1n) is 5.90. The molecule has 5 nitrogen and oxygen atoms in total. The van der Waals surface area contributed by atoms with Crippen LogP contribution in [-0.2, 0) is 13.5 Å². The molecule has 0 saturated heterocycles. The smallest absolute Gasteiger partial charge is 0.259 e. The van der Waals surface area contributed by atoms with Gasteiger partial charge in [0.2, 0.25) is 0 Å². The van der Waals surface area contributed by atoms with E-state index in [1.807, 2.05) is 6.92 Å². The van der Waals surface area contributed by atoms with Gasteiger partial charge in [0.25, 0.3) is 5.91 Å². The Bertz CT molecular complexity index is 621. The van der Waals surface area contributed by atoms with Crippen molar-refractivity contribution in [3.8, 4) is 0 Å². The van der Waals surface area contributed by atoms with Crippen molar-refractivity contribution in [1.82, 2.24) is 9.78 Å². The quantitative estimate of drug-likeness (QED) is 0.830. The molecule has 19 heavy (non-hydrogen) atoms. The van der Waals surface area contributed by atoms with Crippen molar-refractivity contribution in [1.29, 1.82) is 0 Å². The van der Waals surface area contributed by atoms with Gasteiger partial charge in [-0.1, -0.05) is 6.92 Å². The number of benzene rings is 1. The van der Waals surface area contributed by atoms with E-state index in [2.05, 4.69) is 10.4 Å². The average Bonchev–Trinajstić information content (AvgIpc) is 2.75. The summed E-state index contributed by atoms with van der Waals surface area (Å²) in [5, 5.41) is 6.68. The SMILES string of the molecule is CCc1nn(C)cc1C(=O)Nc1cc(N)ccc1F. The predicted molar refractivity (Wildman–Crippen MR) is 71.4 cm³/mol. The third-order valence-corrected chi connectivity index (χ3v) is 2.72. The van der Waals surface area contributed by atoms with Crippen molar-refractivity contribution >= 4 is 17.3 Å². The molecule has 1 amide bonds. The van der Waals surface area contributed by atoms with Crippen LogP contribution in [0.2, 0.25) is 0 Å². The zero-order chi connectivity index (χ0) is 14.0. The number of anilines is 2. The molecule has 0 bridgehead atoms. The van der Waals surface area contributed by atoms with Crippen LogP contribution in [0.15, 0.2) is 24.4 Å². The van der Waals surface area contributed by atoms with Gasteiger partial charge < -0.3 is 11.1 Å². The fourth-order valence-electron chi connectivity index (χ4n) is 1.81. The molecule has 0 spiro atoms. The molecular weight excluding hydrogens is 247 g/mol. The van der Waals surface area contributed by atoms with E-state index in [-0.39, 0.29) is 5.69 Å². The topological polar surface area (TPSA) is 72.9 Å². The molecule has 0 radical (unpaired) electrons. The van der Waals surface area contributed by atoms with Gasteiger partial charge in [0, 0.05) is 18.9 Å². The van der Waals surface area contributed by atoms with Gasteiger partial charge in [-0.15, -0.1) is 0 Å². The number of hydrogen-bond acceptors (Lipinski definition) is 3. The minimum Gasteiger partial charge on any atom is -0.399 e. The van der Waals surface area contributed by atoms with Gasteiger partial charge in [0.1, 0.15) is 5.82 Å². The van der Waals surface area contributed by atoms with Crippen LogP contribution in [0, 0.1) is 5.82 Å². The van der Waals surface area contributed by atoms with E-state index in [4.69, 9.17) is 5.73 Å². The number of nitrogens with zero attached hydrogens (tertiary/aromatic N) is 2. The Morgan fingerprint density at radius 2 is 2.26 bits per heavy atom. The maximum atomic E-state index is 13.5. The molecule has 0 aliphatic carbocycles. The first-order chi connectivity index (χ1) is 9.01. The largest absolute Gasteiger partial charge is 0.399 e. The Hall–Kier alpha value is -2.37. The molecular formula is C13H15FN4O. The lowest BCUT2D eigenvalue weighted by Gasteiger charge is -2.06. The Morgan fingerprint density at radius 3 is 2.95 bits per heavy atom. The maximum Gasteiger partial charge on any atom is 0.259 e. The van der Waals surface area contributed by atoms with E-state index in [1.54, 1.807) is 17.9 Å². The second-order valence-corrected chi connectivity index (χ2v) is 4.21. The number of aromatic nitrogens is 2. The van der Waals surface area contributed by atoms with Gasteiger partial charge in [-0.3, -0.25) is 9.48 Å². The monoisotopic (exact) mass is 262 g/mol. The summed E-state index contributed by atoms with van der Waals surface area (Å²) in [6, 6.07) is 4.04. The summed E-state index contributed by atoms with van der Waals surface area (Å²) in [4.78, 5) is 12.1. The lowest BCUT2D eigenvalue weighted by molar-refractivity contribution is 0.102. The highest BCUT2D eigenvalue weighted by Gasteiger charge is 2.15. The molecule has 1 heterocycles. The molecule has 0 atom stereocenters. The van der Waals surface area contributed by atoms with Crippen LogP contribution in [0.4, 0.5) is 15.8 Å². The third-order valence-electron chi connectivity index (χ3n) is 2.72. The average molecular weight is 262 g/mol. The number of nitrogens with two attached hydrogens (primary N) is 1. The zero-order valence-electron chi connectivity index (χ0n) is 10.8. The summed E-state index contributed by atoms with van der Waals surface area (Å²) in [6.07, 6.45) is 2.24. The molecule has 100 valence electrons. The van der Waals surface area contributed by atoms with Crippen LogP contribution < -0.4 is 11.1 Å². The fraction of sp³-hybridized carbons (Fsp3) is 0.231. The molecule has 0 saturated carbocycles. The van der Waals surface area contributed by atoms with Crippen molar-refractivity contribution in [2.75, 3.05) is 11.1 Å². The summed E-state index contributed by atoms with van der Waals surface area (Å²) in [6.45, 7) is 1.90. The molecule has 0 aliphatic heterocycles. The molecule has 2 aromatic rings. The number of nitrogen functional groups attached to an aromatic ring is 1. The first-order valence-corrected chi connectivity index (χ1v) is 5.90. The normalized spacial score (nSPS) is 10.5. The maximum absolute atomic E-state index is 13.5. The number of amides is 1. The second-order valence-electron chi connectivity index (χ2n) is 4.21. The number of carbonyl (C=O) groups excluding carboxylic acids is 1. The van der Waals surface area contributed by atoms with Crippen molar-refractivity contribution < 1.29 is 9.18 Å². The minimum atomic E-state index is -0.524. The lowest BCUT2D eigenvalue weighted by atomic mass is 10.2. The third kappa shape index (κ3) is 2.73. The first kappa shape index (κ1) is 13.1. The zero-order valence-corrected chi connectivity index (χ0v) is 10.8. The Balaban J connectivity index is 2.27. The summed E-state index contributed by atoms with van der Waals surface area (Å²) in [5.74, 6) is -0.918. The van der Waals surface area contributed by atoms with Gasteiger partial charge in [-0.25, -0.2) is 4.39 Å². The summed E-state index contributed by atoms with van der Waals surface area (Å²) in [7, 11) is 1.73. The van der Waals surface area contributed by atoms with Crippen LogP contribution in [0.1, 0.15) is 23.0 Å². The summed E-state index contributed by atoms with van der Waals surface area (Å²) < 4.78 is 15.1. The van der Waals surface area contributed by atoms with Crippen molar-refractivity contribution in [3.63, 3.8) is 0 Å². The van der Waals surface area contributed by atoms with Gasteiger partial charge >= 0.3 is 0 Å². The highest BCUT2D eigenvalue weighted by Crippen LogP contribution is 2.19. The van der Waals surface area contributed by atoms with Crippen LogP contribution >= 0.6 is 0 Å². The summed E-state index contributed by atoms with van der Waals surface area (Å²) in [5.41, 5.74) is 7.13. The summed E-state index contributed by atoms with van der Waals surface area (Å²) >= 11 is 0. The highest BCUT2D eigenvalue weighted by molar-refractivity contribution is 6.05. The van der Waals surface area contributed by atoms with E-state index >= 15 is 0 Å². The molecule has 3 N–H and O–H groups in total. The van der Waals surface area contributed by atoms with E-state index in [1.165, 1.54) is 18.2 Å². The number of rotatable bonds is 3.